The number of nitrogens with one attached hydrogen (secondary N) is 1. The van der Waals surface area contributed by atoms with Gasteiger partial charge in [-0.2, -0.15) is 0 Å². The average molecular weight is 376 g/mol. The van der Waals surface area contributed by atoms with Crippen molar-refractivity contribution < 1.29 is 21.6 Å². The van der Waals surface area contributed by atoms with Crippen LogP contribution in [0.2, 0.25) is 0 Å². The lowest BCUT2D eigenvalue weighted by Gasteiger charge is -2.28. The van der Waals surface area contributed by atoms with Gasteiger partial charge in [-0.05, 0) is 30.9 Å². The molecule has 2 unspecified atom stereocenters. The van der Waals surface area contributed by atoms with Crippen LogP contribution in [0.5, 0.6) is 0 Å². The minimum Gasteiger partial charge on any atom is -0.377 e. The summed E-state index contributed by atoms with van der Waals surface area (Å²) in [5.74, 6) is 0.487. The molecule has 0 aromatic heterocycles. The Hall–Kier alpha value is -0.960. The molecule has 2 rings (SSSR count). The number of hydrogen-bond acceptors (Lipinski definition) is 5. The van der Waals surface area contributed by atoms with Crippen molar-refractivity contribution in [2.24, 2.45) is 5.92 Å². The maximum atomic E-state index is 12.4. The summed E-state index contributed by atoms with van der Waals surface area (Å²) in [6.07, 6.45) is 5.67. The minimum atomic E-state index is -3.90. The first-order valence-corrected chi connectivity index (χ1v) is 11.5. The maximum Gasteiger partial charge on any atom is 0.241 e. The number of benzene rings is 1. The van der Waals surface area contributed by atoms with Crippen molar-refractivity contribution >= 4 is 19.9 Å². The van der Waals surface area contributed by atoms with Crippen LogP contribution in [-0.2, 0) is 24.6 Å². The van der Waals surface area contributed by atoms with Crippen LogP contribution in [0.1, 0.15) is 32.6 Å². The van der Waals surface area contributed by atoms with Gasteiger partial charge in [-0.3, -0.25) is 0 Å². The molecule has 8 heteroatoms. The third-order valence-corrected chi connectivity index (χ3v) is 7.10. The predicted molar refractivity (Wildman–Crippen MR) is 92.1 cm³/mol. The summed E-state index contributed by atoms with van der Waals surface area (Å²) in [6, 6.07) is 5.60. The molecule has 1 aliphatic rings. The molecule has 1 aromatic rings. The highest BCUT2D eigenvalue weighted by molar-refractivity contribution is 7.93. The van der Waals surface area contributed by atoms with Gasteiger partial charge in [0.05, 0.1) is 17.6 Å². The van der Waals surface area contributed by atoms with E-state index in [0.29, 0.717) is 5.92 Å². The quantitative estimate of drug-likeness (QED) is 0.736. The van der Waals surface area contributed by atoms with E-state index in [1.807, 2.05) is 0 Å². The number of rotatable bonds is 7. The van der Waals surface area contributed by atoms with Crippen LogP contribution >= 0.6 is 0 Å². The third-order valence-electron chi connectivity index (χ3n) is 4.30. The standard InChI is InChI=1S/C16H25NO5S2/c1-13-7-3-4-8-14(13)22-12-11-17-24(20,21)16-10-6-5-9-15(16)23(2,18)19/h5-6,9-10,13-14,17H,3-4,7-8,11-12H2,1-2H3. The van der Waals surface area contributed by atoms with Gasteiger partial charge in [0.15, 0.2) is 9.84 Å². The second-order valence-electron chi connectivity index (χ2n) is 6.29. The van der Waals surface area contributed by atoms with Crippen molar-refractivity contribution in [2.75, 3.05) is 19.4 Å². The van der Waals surface area contributed by atoms with Crippen molar-refractivity contribution in [2.45, 2.75) is 48.5 Å². The Morgan fingerprint density at radius 1 is 1.08 bits per heavy atom. The van der Waals surface area contributed by atoms with E-state index in [4.69, 9.17) is 4.74 Å². The van der Waals surface area contributed by atoms with E-state index in [0.717, 1.165) is 25.5 Å². The first kappa shape index (κ1) is 19.4. The molecule has 1 aromatic carbocycles. The van der Waals surface area contributed by atoms with Crippen molar-refractivity contribution in [1.82, 2.24) is 4.72 Å². The normalized spacial score (nSPS) is 22.4. The summed E-state index contributed by atoms with van der Waals surface area (Å²) in [5.41, 5.74) is 0. The van der Waals surface area contributed by atoms with Gasteiger partial charge in [0.25, 0.3) is 0 Å². The van der Waals surface area contributed by atoms with E-state index in [9.17, 15) is 16.8 Å². The summed E-state index contributed by atoms with van der Waals surface area (Å²) >= 11 is 0. The lowest BCUT2D eigenvalue weighted by molar-refractivity contribution is -0.00177. The minimum absolute atomic E-state index is 0.115. The molecule has 0 aliphatic heterocycles. The number of hydrogen-bond donors (Lipinski definition) is 1. The first-order valence-electron chi connectivity index (χ1n) is 8.12. The van der Waals surface area contributed by atoms with Gasteiger partial charge < -0.3 is 4.74 Å². The van der Waals surface area contributed by atoms with Crippen LogP contribution in [0, 0.1) is 5.92 Å². The Morgan fingerprint density at radius 3 is 2.33 bits per heavy atom. The highest BCUT2D eigenvalue weighted by Crippen LogP contribution is 2.26. The molecule has 0 bridgehead atoms. The summed E-state index contributed by atoms with van der Waals surface area (Å²) < 4.78 is 56.5. The van der Waals surface area contributed by atoms with Crippen molar-refractivity contribution in [3.05, 3.63) is 24.3 Å². The van der Waals surface area contributed by atoms with Crippen molar-refractivity contribution in [1.29, 1.82) is 0 Å². The molecule has 2 atom stereocenters. The van der Waals surface area contributed by atoms with Crippen LogP contribution in [0.25, 0.3) is 0 Å². The summed E-state index contributed by atoms with van der Waals surface area (Å²) in [5, 5.41) is 0. The molecule has 136 valence electrons. The lowest BCUT2D eigenvalue weighted by Crippen LogP contribution is -2.32. The Bertz CT molecular complexity index is 758. The lowest BCUT2D eigenvalue weighted by atomic mass is 9.88. The summed E-state index contributed by atoms with van der Waals surface area (Å²) in [4.78, 5) is -0.419. The van der Waals surface area contributed by atoms with Crippen molar-refractivity contribution in [3.63, 3.8) is 0 Å². The Morgan fingerprint density at radius 2 is 1.71 bits per heavy atom. The zero-order valence-electron chi connectivity index (χ0n) is 14.1. The van der Waals surface area contributed by atoms with Gasteiger partial charge in [-0.25, -0.2) is 21.6 Å². The fourth-order valence-electron chi connectivity index (χ4n) is 2.97. The summed E-state index contributed by atoms with van der Waals surface area (Å²) in [7, 11) is -7.52. The molecule has 1 aliphatic carbocycles. The van der Waals surface area contributed by atoms with E-state index in [-0.39, 0.29) is 29.0 Å². The largest absolute Gasteiger partial charge is 0.377 e. The van der Waals surface area contributed by atoms with Crippen LogP contribution < -0.4 is 4.72 Å². The smallest absolute Gasteiger partial charge is 0.241 e. The SMILES string of the molecule is CC1CCCCC1OCCNS(=O)(=O)c1ccccc1S(C)(=O)=O. The average Bonchev–Trinajstić information content (AvgIpc) is 2.52. The highest BCUT2D eigenvalue weighted by Gasteiger charge is 2.24. The molecule has 1 N–H and O–H groups in total. The monoisotopic (exact) mass is 375 g/mol. The van der Waals surface area contributed by atoms with Crippen LogP contribution in [0.4, 0.5) is 0 Å². The molecule has 0 radical (unpaired) electrons. The molecule has 1 fully saturated rings. The van der Waals surface area contributed by atoms with Gasteiger partial charge in [-0.1, -0.05) is 31.9 Å². The second-order valence-corrected chi connectivity index (χ2v) is 10.0. The van der Waals surface area contributed by atoms with Gasteiger partial charge in [0.2, 0.25) is 10.0 Å². The van der Waals surface area contributed by atoms with Gasteiger partial charge in [0, 0.05) is 12.8 Å². The van der Waals surface area contributed by atoms with Crippen molar-refractivity contribution in [3.8, 4) is 0 Å². The first-order chi connectivity index (χ1) is 11.2. The molecule has 6 nitrogen and oxygen atoms in total. The second kappa shape index (κ2) is 7.95. The molecule has 24 heavy (non-hydrogen) atoms. The molecular formula is C16H25NO5S2. The predicted octanol–water partition coefficient (Wildman–Crippen LogP) is 1.96. The number of ether oxygens (including phenoxy) is 1. The number of sulfone groups is 1. The molecule has 1 saturated carbocycles. The zero-order valence-corrected chi connectivity index (χ0v) is 15.7. The molecule has 0 saturated heterocycles. The van der Waals surface area contributed by atoms with Crippen LogP contribution in [0.15, 0.2) is 34.1 Å². The molecule has 0 spiro atoms. The Balaban J connectivity index is 1.97. The summed E-state index contributed by atoms with van der Waals surface area (Å²) in [6.45, 7) is 2.54. The van der Waals surface area contributed by atoms with E-state index >= 15 is 0 Å². The maximum absolute atomic E-state index is 12.4. The van der Waals surface area contributed by atoms with Gasteiger partial charge in [0.1, 0.15) is 4.90 Å². The van der Waals surface area contributed by atoms with E-state index in [1.165, 1.54) is 30.7 Å². The topological polar surface area (TPSA) is 89.5 Å². The third kappa shape index (κ3) is 5.02. The Kier molecular flexibility index (Phi) is 6.41. The fourth-order valence-corrected chi connectivity index (χ4v) is 5.61. The molecule has 0 amide bonds. The number of sulfonamides is 1. The van der Waals surface area contributed by atoms with E-state index in [1.54, 1.807) is 0 Å². The van der Waals surface area contributed by atoms with Gasteiger partial charge >= 0.3 is 0 Å². The molecular weight excluding hydrogens is 350 g/mol. The van der Waals surface area contributed by atoms with Gasteiger partial charge in [-0.15, -0.1) is 0 Å². The van der Waals surface area contributed by atoms with Crippen LogP contribution in [0.3, 0.4) is 0 Å². The highest BCUT2D eigenvalue weighted by atomic mass is 32.2. The Labute approximate surface area is 144 Å². The van der Waals surface area contributed by atoms with E-state index < -0.39 is 19.9 Å². The fraction of sp³-hybridized carbons (Fsp3) is 0.625. The zero-order chi connectivity index (χ0) is 17.8. The van der Waals surface area contributed by atoms with E-state index in [2.05, 4.69) is 11.6 Å². The van der Waals surface area contributed by atoms with Crippen LogP contribution in [-0.4, -0.2) is 42.3 Å². The molecule has 0 heterocycles.